The minimum atomic E-state index is -1.23. The number of aryl methyl sites for hydroxylation is 1. The van der Waals surface area contributed by atoms with Gasteiger partial charge < -0.3 is 10.1 Å². The highest BCUT2D eigenvalue weighted by molar-refractivity contribution is 5.78. The summed E-state index contributed by atoms with van der Waals surface area (Å²) >= 11 is 0. The molecule has 2 N–H and O–H groups in total. The average Bonchev–Trinajstić information content (AvgIpc) is 2.23. The number of hydrogen-bond donors (Lipinski definition) is 2. The van der Waals surface area contributed by atoms with E-state index in [4.69, 9.17) is 5.11 Å². The van der Waals surface area contributed by atoms with Crippen LogP contribution in [0.25, 0.3) is 10.9 Å². The molecule has 0 bridgehead atoms. The van der Waals surface area contributed by atoms with Crippen LogP contribution in [0.1, 0.15) is 5.56 Å². The van der Waals surface area contributed by atoms with Crippen molar-refractivity contribution in [3.05, 3.63) is 44.6 Å². The number of nitrogens with zero attached hydrogens (tertiary/aromatic N) is 1. The summed E-state index contributed by atoms with van der Waals surface area (Å²) in [5.74, 6) is -1.23. The zero-order valence-corrected chi connectivity index (χ0v) is 9.06. The Morgan fingerprint density at radius 2 is 2.12 bits per heavy atom. The molecule has 17 heavy (non-hydrogen) atoms. The molecule has 0 fully saturated rings. The zero-order valence-electron chi connectivity index (χ0n) is 9.06. The molecule has 1 heterocycles. The van der Waals surface area contributed by atoms with Gasteiger partial charge in [-0.05, 0) is 24.6 Å². The third-order valence-corrected chi connectivity index (χ3v) is 2.43. The highest BCUT2D eigenvalue weighted by atomic mass is 16.4. The van der Waals surface area contributed by atoms with Crippen LogP contribution in [0.2, 0.25) is 0 Å². The number of carboxylic acids is 1. The second kappa shape index (κ2) is 3.89. The normalized spacial score (nSPS) is 10.6. The molecule has 0 saturated carbocycles. The molecule has 0 unspecified atom stereocenters. The van der Waals surface area contributed by atoms with E-state index in [0.29, 0.717) is 15.5 Å². The molecule has 6 heteroatoms. The first-order chi connectivity index (χ1) is 7.99. The first-order valence-electron chi connectivity index (χ1n) is 4.94. The van der Waals surface area contributed by atoms with E-state index in [0.717, 1.165) is 5.56 Å². The molecule has 0 spiro atoms. The molecule has 0 atom stereocenters. The monoisotopic (exact) mass is 234 g/mol. The van der Waals surface area contributed by atoms with Gasteiger partial charge in [-0.15, -0.1) is 0 Å². The van der Waals surface area contributed by atoms with Gasteiger partial charge in [-0.1, -0.05) is 6.07 Å². The summed E-state index contributed by atoms with van der Waals surface area (Å²) in [5, 5.41) is 8.92. The van der Waals surface area contributed by atoms with Gasteiger partial charge in [0.1, 0.15) is 6.54 Å². The van der Waals surface area contributed by atoms with E-state index in [1.54, 1.807) is 18.2 Å². The van der Waals surface area contributed by atoms with Crippen LogP contribution >= 0.6 is 0 Å². The molecule has 6 nitrogen and oxygen atoms in total. The lowest BCUT2D eigenvalue weighted by Gasteiger charge is -2.04. The quantitative estimate of drug-likeness (QED) is 0.769. The van der Waals surface area contributed by atoms with Crippen molar-refractivity contribution in [1.29, 1.82) is 0 Å². The molecule has 0 aliphatic carbocycles. The predicted molar refractivity (Wildman–Crippen MR) is 61.2 cm³/mol. The Hall–Kier alpha value is -2.37. The van der Waals surface area contributed by atoms with E-state index in [-0.39, 0.29) is 0 Å². The Kier molecular flexibility index (Phi) is 2.55. The van der Waals surface area contributed by atoms with Crippen molar-refractivity contribution < 1.29 is 9.90 Å². The second-order valence-corrected chi connectivity index (χ2v) is 3.76. The van der Waals surface area contributed by atoms with Crippen molar-refractivity contribution in [2.24, 2.45) is 0 Å². The number of benzene rings is 1. The molecule has 0 aliphatic rings. The Bertz CT molecular complexity index is 711. The number of hydrogen-bond acceptors (Lipinski definition) is 3. The summed E-state index contributed by atoms with van der Waals surface area (Å²) in [5.41, 5.74) is 0.0202. The van der Waals surface area contributed by atoms with Crippen LogP contribution in [0.15, 0.2) is 27.8 Å². The molecule has 2 aromatic rings. The summed E-state index contributed by atoms with van der Waals surface area (Å²) in [6.07, 6.45) is 0. The summed E-state index contributed by atoms with van der Waals surface area (Å²) in [6, 6.07) is 4.97. The molecule has 1 aromatic carbocycles. The molecule has 0 amide bonds. The van der Waals surface area contributed by atoms with Crippen LogP contribution in [0.4, 0.5) is 0 Å². The molecule has 0 saturated heterocycles. The fraction of sp³-hybridized carbons (Fsp3) is 0.182. The van der Waals surface area contributed by atoms with Gasteiger partial charge in [-0.25, -0.2) is 9.36 Å². The Morgan fingerprint density at radius 3 is 2.76 bits per heavy atom. The largest absolute Gasteiger partial charge is 0.480 e. The number of nitrogens with one attached hydrogen (secondary N) is 1. The van der Waals surface area contributed by atoms with Crippen molar-refractivity contribution in [1.82, 2.24) is 9.55 Å². The van der Waals surface area contributed by atoms with Crippen molar-refractivity contribution in [3.63, 3.8) is 0 Å². The highest BCUT2D eigenvalue weighted by Crippen LogP contribution is 2.07. The number of carboxylic acid groups (broad SMARTS) is 1. The topological polar surface area (TPSA) is 92.2 Å². The molecular weight excluding hydrogens is 224 g/mol. The zero-order chi connectivity index (χ0) is 12.6. The van der Waals surface area contributed by atoms with Crippen molar-refractivity contribution in [3.8, 4) is 0 Å². The van der Waals surface area contributed by atoms with E-state index >= 15 is 0 Å². The molecule has 88 valence electrons. The molecule has 1 aromatic heterocycles. The number of aromatic nitrogens is 2. The van der Waals surface area contributed by atoms with Crippen LogP contribution in [0, 0.1) is 6.92 Å². The number of aliphatic carboxylic acids is 1. The molecule has 2 rings (SSSR count). The van der Waals surface area contributed by atoms with E-state index in [9.17, 15) is 14.4 Å². The first-order valence-corrected chi connectivity index (χ1v) is 4.94. The van der Waals surface area contributed by atoms with Gasteiger partial charge in [0.05, 0.1) is 10.9 Å². The maximum absolute atomic E-state index is 11.9. The minimum Gasteiger partial charge on any atom is -0.480 e. The maximum Gasteiger partial charge on any atom is 0.329 e. The number of rotatable bonds is 2. The van der Waals surface area contributed by atoms with Crippen LogP contribution in [-0.2, 0) is 11.3 Å². The van der Waals surface area contributed by atoms with E-state index in [1.807, 2.05) is 6.92 Å². The molecular formula is C11H10N2O4. The lowest BCUT2D eigenvalue weighted by atomic mass is 10.2. The predicted octanol–water partition coefficient (Wildman–Crippen LogP) is 0.0828. The first kappa shape index (κ1) is 11.1. The number of carbonyl (C=O) groups is 1. The molecule has 0 aliphatic heterocycles. The summed E-state index contributed by atoms with van der Waals surface area (Å²) in [7, 11) is 0. The summed E-state index contributed by atoms with van der Waals surface area (Å²) in [6.45, 7) is 1.19. The Balaban J connectivity index is 2.81. The lowest BCUT2D eigenvalue weighted by molar-refractivity contribution is -0.137. The number of aromatic amines is 1. The van der Waals surface area contributed by atoms with Gasteiger partial charge in [-0.2, -0.15) is 0 Å². The third kappa shape index (κ3) is 1.96. The third-order valence-electron chi connectivity index (χ3n) is 2.43. The Labute approximate surface area is 95.1 Å². The minimum absolute atomic E-state index is 0.302. The van der Waals surface area contributed by atoms with Crippen LogP contribution in [0.5, 0.6) is 0 Å². The number of H-pyrrole nitrogens is 1. The van der Waals surface area contributed by atoms with Crippen LogP contribution in [-0.4, -0.2) is 20.6 Å². The summed E-state index contributed by atoms with van der Waals surface area (Å²) < 4.78 is 0.667. The maximum atomic E-state index is 11.9. The molecule has 0 radical (unpaired) electrons. The second-order valence-electron chi connectivity index (χ2n) is 3.76. The lowest BCUT2D eigenvalue weighted by Crippen LogP contribution is -2.37. The van der Waals surface area contributed by atoms with Gasteiger partial charge in [0, 0.05) is 0 Å². The van der Waals surface area contributed by atoms with E-state index in [2.05, 4.69) is 4.98 Å². The van der Waals surface area contributed by atoms with Gasteiger partial charge in [0.25, 0.3) is 5.56 Å². The van der Waals surface area contributed by atoms with Crippen molar-refractivity contribution >= 4 is 16.9 Å². The smallest absolute Gasteiger partial charge is 0.329 e. The fourth-order valence-corrected chi connectivity index (χ4v) is 1.65. The van der Waals surface area contributed by atoms with Crippen LogP contribution in [0.3, 0.4) is 0 Å². The van der Waals surface area contributed by atoms with Gasteiger partial charge in [0.2, 0.25) is 0 Å². The Morgan fingerprint density at radius 1 is 1.41 bits per heavy atom. The van der Waals surface area contributed by atoms with E-state index in [1.165, 1.54) is 0 Å². The number of fused-ring (bicyclic) bond motifs is 1. The van der Waals surface area contributed by atoms with Gasteiger partial charge in [0.15, 0.2) is 0 Å². The van der Waals surface area contributed by atoms with Crippen molar-refractivity contribution in [2.75, 3.05) is 0 Å². The van der Waals surface area contributed by atoms with E-state index < -0.39 is 23.8 Å². The summed E-state index contributed by atoms with van der Waals surface area (Å²) in [4.78, 5) is 36.5. The van der Waals surface area contributed by atoms with Crippen molar-refractivity contribution in [2.45, 2.75) is 13.5 Å². The average molecular weight is 234 g/mol. The van der Waals surface area contributed by atoms with Gasteiger partial charge >= 0.3 is 11.7 Å². The van der Waals surface area contributed by atoms with Crippen LogP contribution < -0.4 is 11.2 Å². The highest BCUT2D eigenvalue weighted by Gasteiger charge is 2.09. The fourth-order valence-electron chi connectivity index (χ4n) is 1.65. The SMILES string of the molecule is Cc1ccc2c(=O)n(CC(=O)O)c(=O)[nH]c2c1. The van der Waals surface area contributed by atoms with Gasteiger partial charge in [-0.3, -0.25) is 9.59 Å². The standard InChI is InChI=1S/C11H10N2O4/c1-6-2-3-7-8(4-6)12-11(17)13(10(7)16)5-9(14)15/h2-4H,5H2,1H3,(H,12,17)(H,14,15).